The van der Waals surface area contributed by atoms with Crippen molar-refractivity contribution >= 4 is 11.8 Å². The van der Waals surface area contributed by atoms with E-state index in [0.717, 1.165) is 37.8 Å². The van der Waals surface area contributed by atoms with Crippen LogP contribution in [0.5, 0.6) is 0 Å². The fourth-order valence-electron chi connectivity index (χ4n) is 3.55. The lowest BCUT2D eigenvalue weighted by atomic mass is 9.92. The Bertz CT molecular complexity index is 581. The van der Waals surface area contributed by atoms with Gasteiger partial charge in [0.1, 0.15) is 0 Å². The number of piperidine rings is 1. The van der Waals surface area contributed by atoms with Gasteiger partial charge in [0.05, 0.1) is 12.0 Å². The first kappa shape index (κ1) is 17.0. The molecule has 1 N–H and O–H groups in total. The summed E-state index contributed by atoms with van der Waals surface area (Å²) in [7, 11) is 0. The van der Waals surface area contributed by atoms with Crippen LogP contribution in [0, 0.1) is 17.8 Å². The number of amides is 2. The molecular weight excluding hydrogens is 300 g/mol. The molecule has 2 aliphatic rings. The summed E-state index contributed by atoms with van der Waals surface area (Å²) in [5.41, 5.74) is 1.14. The summed E-state index contributed by atoms with van der Waals surface area (Å²) in [5, 5.41) is 3.23. The quantitative estimate of drug-likeness (QED) is 0.903. The first-order valence-corrected chi connectivity index (χ1v) is 9.20. The van der Waals surface area contributed by atoms with Gasteiger partial charge in [0, 0.05) is 19.0 Å². The van der Waals surface area contributed by atoms with Crippen LogP contribution in [0.1, 0.15) is 51.1 Å². The molecule has 2 atom stereocenters. The third kappa shape index (κ3) is 3.97. The van der Waals surface area contributed by atoms with Crippen molar-refractivity contribution in [2.45, 2.75) is 45.6 Å². The van der Waals surface area contributed by atoms with Crippen LogP contribution in [0.2, 0.25) is 0 Å². The van der Waals surface area contributed by atoms with Crippen molar-refractivity contribution in [1.29, 1.82) is 0 Å². The number of hydrogen-bond acceptors (Lipinski definition) is 2. The molecule has 2 fully saturated rings. The Morgan fingerprint density at radius 3 is 2.42 bits per heavy atom. The first-order chi connectivity index (χ1) is 11.6. The number of nitrogens with zero attached hydrogens (tertiary/aromatic N) is 1. The van der Waals surface area contributed by atoms with Gasteiger partial charge in [-0.05, 0) is 37.2 Å². The topological polar surface area (TPSA) is 49.4 Å². The van der Waals surface area contributed by atoms with Gasteiger partial charge in [-0.15, -0.1) is 0 Å². The molecule has 2 amide bonds. The highest BCUT2D eigenvalue weighted by Crippen LogP contribution is 2.32. The zero-order valence-electron chi connectivity index (χ0n) is 14.7. The van der Waals surface area contributed by atoms with Gasteiger partial charge in [-0.2, -0.15) is 0 Å². The van der Waals surface area contributed by atoms with E-state index in [1.54, 1.807) is 0 Å². The van der Waals surface area contributed by atoms with Gasteiger partial charge in [-0.1, -0.05) is 44.2 Å². The molecule has 0 spiro atoms. The third-order valence-corrected chi connectivity index (χ3v) is 5.15. The van der Waals surface area contributed by atoms with Crippen LogP contribution < -0.4 is 5.32 Å². The van der Waals surface area contributed by atoms with Crippen LogP contribution in [0.25, 0.3) is 0 Å². The van der Waals surface area contributed by atoms with Gasteiger partial charge in [0.15, 0.2) is 0 Å². The lowest BCUT2D eigenvalue weighted by molar-refractivity contribution is -0.137. The summed E-state index contributed by atoms with van der Waals surface area (Å²) in [4.78, 5) is 27.0. The summed E-state index contributed by atoms with van der Waals surface area (Å²) in [6, 6.07) is 10.2. The van der Waals surface area contributed by atoms with Crippen LogP contribution in [-0.2, 0) is 9.59 Å². The molecule has 0 unspecified atom stereocenters. The summed E-state index contributed by atoms with van der Waals surface area (Å²) in [6.45, 7) is 5.65. The zero-order chi connectivity index (χ0) is 17.1. The molecule has 4 nitrogen and oxygen atoms in total. The normalized spacial score (nSPS) is 22.3. The van der Waals surface area contributed by atoms with Gasteiger partial charge < -0.3 is 10.2 Å². The standard InChI is InChI=1S/C20H28N2O2/c1-14(2)18(15-7-4-3-5-8-15)21-19(23)17-9-6-12-22(13-17)20(24)16-10-11-16/h3-5,7-8,14,16-18H,6,9-13H2,1-2H3,(H,21,23)/t17-,18-/m0/s1. The number of rotatable bonds is 5. The van der Waals surface area contributed by atoms with Crippen molar-refractivity contribution in [3.05, 3.63) is 35.9 Å². The number of carbonyl (C=O) groups is 2. The Kier molecular flexibility index (Phi) is 5.22. The average Bonchev–Trinajstić information content (AvgIpc) is 3.44. The van der Waals surface area contributed by atoms with E-state index in [4.69, 9.17) is 0 Å². The monoisotopic (exact) mass is 328 g/mol. The smallest absolute Gasteiger partial charge is 0.225 e. The fraction of sp³-hybridized carbons (Fsp3) is 0.600. The molecular formula is C20H28N2O2. The highest BCUT2D eigenvalue weighted by atomic mass is 16.2. The number of benzene rings is 1. The second kappa shape index (κ2) is 7.37. The Morgan fingerprint density at radius 2 is 1.79 bits per heavy atom. The minimum Gasteiger partial charge on any atom is -0.349 e. The molecule has 1 saturated heterocycles. The predicted molar refractivity (Wildman–Crippen MR) is 94.2 cm³/mol. The van der Waals surface area contributed by atoms with Crippen LogP contribution in [0.15, 0.2) is 30.3 Å². The summed E-state index contributed by atoms with van der Waals surface area (Å²) in [5.74, 6) is 0.830. The van der Waals surface area contributed by atoms with E-state index in [2.05, 4.69) is 31.3 Å². The number of likely N-dealkylation sites (tertiary alicyclic amines) is 1. The van der Waals surface area contributed by atoms with Gasteiger partial charge in [0.25, 0.3) is 0 Å². The predicted octanol–water partition coefficient (Wildman–Crippen LogP) is 3.15. The maximum absolute atomic E-state index is 12.8. The van der Waals surface area contributed by atoms with Crippen molar-refractivity contribution in [2.24, 2.45) is 17.8 Å². The van der Waals surface area contributed by atoms with E-state index in [-0.39, 0.29) is 29.7 Å². The number of carbonyl (C=O) groups excluding carboxylic acids is 2. The van der Waals surface area contributed by atoms with Crippen molar-refractivity contribution in [3.63, 3.8) is 0 Å². The highest BCUT2D eigenvalue weighted by molar-refractivity contribution is 5.83. The van der Waals surface area contributed by atoms with Gasteiger partial charge >= 0.3 is 0 Å². The van der Waals surface area contributed by atoms with E-state index < -0.39 is 0 Å². The van der Waals surface area contributed by atoms with Gasteiger partial charge in [-0.25, -0.2) is 0 Å². The van der Waals surface area contributed by atoms with Crippen LogP contribution in [0.3, 0.4) is 0 Å². The number of nitrogens with one attached hydrogen (secondary N) is 1. The average molecular weight is 328 g/mol. The van der Waals surface area contributed by atoms with Crippen LogP contribution in [-0.4, -0.2) is 29.8 Å². The van der Waals surface area contributed by atoms with E-state index in [0.29, 0.717) is 12.5 Å². The van der Waals surface area contributed by atoms with Crippen molar-refractivity contribution in [1.82, 2.24) is 10.2 Å². The van der Waals surface area contributed by atoms with Crippen molar-refractivity contribution < 1.29 is 9.59 Å². The van der Waals surface area contributed by atoms with E-state index in [1.807, 2.05) is 23.1 Å². The Balaban J connectivity index is 1.63. The third-order valence-electron chi connectivity index (χ3n) is 5.15. The van der Waals surface area contributed by atoms with E-state index in [1.165, 1.54) is 0 Å². The lowest BCUT2D eigenvalue weighted by Crippen LogP contribution is -2.47. The zero-order valence-corrected chi connectivity index (χ0v) is 14.7. The molecule has 0 bridgehead atoms. The summed E-state index contributed by atoms with van der Waals surface area (Å²) in [6.07, 6.45) is 3.85. The molecule has 1 aliphatic carbocycles. The molecule has 1 aromatic rings. The largest absolute Gasteiger partial charge is 0.349 e. The Morgan fingerprint density at radius 1 is 1.08 bits per heavy atom. The Labute approximate surface area is 144 Å². The van der Waals surface area contributed by atoms with E-state index >= 15 is 0 Å². The molecule has 0 aromatic heterocycles. The molecule has 24 heavy (non-hydrogen) atoms. The SMILES string of the molecule is CC(C)[C@H](NC(=O)[C@H]1CCCN(C(=O)C2CC2)C1)c1ccccc1. The fourth-order valence-corrected chi connectivity index (χ4v) is 3.55. The van der Waals surface area contributed by atoms with E-state index in [9.17, 15) is 9.59 Å². The molecule has 1 aliphatic heterocycles. The van der Waals surface area contributed by atoms with Crippen molar-refractivity contribution in [2.75, 3.05) is 13.1 Å². The van der Waals surface area contributed by atoms with Crippen LogP contribution >= 0.6 is 0 Å². The molecule has 130 valence electrons. The number of hydrogen-bond donors (Lipinski definition) is 1. The molecule has 3 rings (SSSR count). The highest BCUT2D eigenvalue weighted by Gasteiger charge is 2.37. The van der Waals surface area contributed by atoms with Gasteiger partial charge in [0.2, 0.25) is 11.8 Å². The minimum atomic E-state index is -0.0774. The maximum Gasteiger partial charge on any atom is 0.225 e. The maximum atomic E-state index is 12.8. The minimum absolute atomic E-state index is 0.0215. The van der Waals surface area contributed by atoms with Crippen LogP contribution in [0.4, 0.5) is 0 Å². The Hall–Kier alpha value is -1.84. The molecule has 1 saturated carbocycles. The summed E-state index contributed by atoms with van der Waals surface area (Å²) >= 11 is 0. The first-order valence-electron chi connectivity index (χ1n) is 9.20. The second-order valence-electron chi connectivity index (χ2n) is 7.54. The molecule has 4 heteroatoms. The lowest BCUT2D eigenvalue weighted by Gasteiger charge is -2.33. The summed E-state index contributed by atoms with van der Waals surface area (Å²) < 4.78 is 0. The van der Waals surface area contributed by atoms with Crippen molar-refractivity contribution in [3.8, 4) is 0 Å². The molecule has 1 heterocycles. The molecule has 0 radical (unpaired) electrons. The second-order valence-corrected chi connectivity index (χ2v) is 7.54. The van der Waals surface area contributed by atoms with Gasteiger partial charge in [-0.3, -0.25) is 9.59 Å². The molecule has 1 aromatic carbocycles.